The third kappa shape index (κ3) is 3.38. The van der Waals surface area contributed by atoms with Gasteiger partial charge in [0.25, 0.3) is 5.91 Å². The van der Waals surface area contributed by atoms with E-state index in [1.807, 2.05) is 45.9 Å². The summed E-state index contributed by atoms with van der Waals surface area (Å²) in [5.74, 6) is -0.352. The van der Waals surface area contributed by atoms with E-state index < -0.39 is 18.3 Å². The second-order valence-corrected chi connectivity index (χ2v) is 7.87. The van der Waals surface area contributed by atoms with Crippen molar-refractivity contribution in [3.05, 3.63) is 29.3 Å². The number of hydrogen-bond donors (Lipinski definition) is 0. The summed E-state index contributed by atoms with van der Waals surface area (Å²) < 4.78 is 16.8. The summed E-state index contributed by atoms with van der Waals surface area (Å²) >= 11 is 0. The van der Waals surface area contributed by atoms with Crippen molar-refractivity contribution in [3.8, 4) is 0 Å². The van der Waals surface area contributed by atoms with Crippen LogP contribution in [0.1, 0.15) is 50.0 Å². The van der Waals surface area contributed by atoms with Gasteiger partial charge in [0.15, 0.2) is 0 Å². The molecule has 3 rings (SSSR count). The van der Waals surface area contributed by atoms with Gasteiger partial charge in [0.05, 0.1) is 24.7 Å². The van der Waals surface area contributed by atoms with Crippen molar-refractivity contribution in [2.75, 3.05) is 20.2 Å². The number of amides is 1. The number of hydrogen-bond acceptors (Lipinski definition) is 5. The van der Waals surface area contributed by atoms with Crippen LogP contribution in [-0.4, -0.2) is 55.3 Å². The largest absolute Gasteiger partial charge is 0.494 e. The van der Waals surface area contributed by atoms with Crippen LogP contribution >= 0.6 is 0 Å². The Kier molecular flexibility index (Phi) is 4.88. The van der Waals surface area contributed by atoms with Gasteiger partial charge in [-0.15, -0.1) is 0 Å². The van der Waals surface area contributed by atoms with Gasteiger partial charge in [-0.1, -0.05) is 12.1 Å². The minimum absolute atomic E-state index is 0.0457. The summed E-state index contributed by atoms with van der Waals surface area (Å²) in [6.07, 6.45) is 0.958. The number of carbonyl (C=O) groups excluding carboxylic acids is 2. The third-order valence-electron chi connectivity index (χ3n) is 5.64. The Bertz CT molecular complexity index is 715. The molecule has 1 aromatic carbocycles. The minimum atomic E-state index is -0.433. The van der Waals surface area contributed by atoms with Gasteiger partial charge in [0.1, 0.15) is 0 Å². The predicted molar refractivity (Wildman–Crippen MR) is 98.4 cm³/mol. The molecule has 1 amide bonds. The molecule has 0 spiro atoms. The highest BCUT2D eigenvalue weighted by atomic mass is 16.7. The summed E-state index contributed by atoms with van der Waals surface area (Å²) in [4.78, 5) is 25.7. The molecule has 7 heteroatoms. The summed E-state index contributed by atoms with van der Waals surface area (Å²) in [5.41, 5.74) is 1.82. The molecule has 1 aromatic rings. The van der Waals surface area contributed by atoms with Crippen LogP contribution < -0.4 is 5.46 Å². The molecule has 0 atom stereocenters. The Balaban J connectivity index is 1.75. The fourth-order valence-electron chi connectivity index (χ4n) is 3.22. The second kappa shape index (κ2) is 6.70. The number of carbonyl (C=O) groups is 2. The summed E-state index contributed by atoms with van der Waals surface area (Å²) in [6.45, 7) is 9.06. The molecule has 140 valence electrons. The molecular formula is C19H26BNO5. The zero-order valence-corrected chi connectivity index (χ0v) is 16.1. The zero-order valence-electron chi connectivity index (χ0n) is 16.1. The fourth-order valence-corrected chi connectivity index (χ4v) is 3.22. The molecule has 6 nitrogen and oxygen atoms in total. The normalized spacial score (nSPS) is 20.9. The third-order valence-corrected chi connectivity index (χ3v) is 5.64. The molecule has 1 saturated heterocycles. The van der Waals surface area contributed by atoms with E-state index in [1.54, 1.807) is 4.90 Å². The molecule has 0 unspecified atom stereocenters. The highest BCUT2D eigenvalue weighted by Crippen LogP contribution is 2.36. The van der Waals surface area contributed by atoms with E-state index in [0.29, 0.717) is 18.7 Å². The van der Waals surface area contributed by atoms with Crippen molar-refractivity contribution >= 4 is 24.5 Å². The molecule has 0 saturated carbocycles. The van der Waals surface area contributed by atoms with E-state index in [-0.39, 0.29) is 18.3 Å². The average Bonchev–Trinajstić information content (AvgIpc) is 2.81. The highest BCUT2D eigenvalue weighted by Gasteiger charge is 2.51. The number of methoxy groups -OCH3 is 1. The zero-order chi connectivity index (χ0) is 19.1. The van der Waals surface area contributed by atoms with Crippen molar-refractivity contribution in [1.29, 1.82) is 0 Å². The van der Waals surface area contributed by atoms with E-state index in [0.717, 1.165) is 17.4 Å². The van der Waals surface area contributed by atoms with E-state index in [9.17, 15) is 9.59 Å². The first-order chi connectivity index (χ1) is 12.1. The Morgan fingerprint density at radius 1 is 1.23 bits per heavy atom. The first kappa shape index (κ1) is 18.9. The number of rotatable bonds is 4. The maximum absolute atomic E-state index is 12.7. The summed E-state index contributed by atoms with van der Waals surface area (Å²) in [5, 5.41) is 0. The van der Waals surface area contributed by atoms with Crippen molar-refractivity contribution in [2.45, 2.75) is 51.7 Å². The van der Waals surface area contributed by atoms with Crippen LogP contribution in [0.4, 0.5) is 0 Å². The van der Waals surface area contributed by atoms with Crippen molar-refractivity contribution in [2.24, 2.45) is 0 Å². The maximum atomic E-state index is 12.7. The van der Waals surface area contributed by atoms with Gasteiger partial charge < -0.3 is 18.9 Å². The lowest BCUT2D eigenvalue weighted by molar-refractivity contribution is -0.140. The smallest absolute Gasteiger partial charge is 0.469 e. The van der Waals surface area contributed by atoms with Crippen molar-refractivity contribution in [1.82, 2.24) is 4.90 Å². The second-order valence-electron chi connectivity index (χ2n) is 7.87. The molecular weight excluding hydrogens is 333 g/mol. The molecule has 0 radical (unpaired) electrons. The quantitative estimate of drug-likeness (QED) is 0.603. The maximum Gasteiger partial charge on any atom is 0.494 e. The molecule has 26 heavy (non-hydrogen) atoms. The van der Waals surface area contributed by atoms with Gasteiger partial charge in [0.2, 0.25) is 0 Å². The lowest BCUT2D eigenvalue weighted by Crippen LogP contribution is -2.41. The topological polar surface area (TPSA) is 65.1 Å². The summed E-state index contributed by atoms with van der Waals surface area (Å²) in [6, 6.07) is 5.73. The van der Waals surface area contributed by atoms with Crippen molar-refractivity contribution < 1.29 is 23.6 Å². The Labute approximate surface area is 154 Å². The van der Waals surface area contributed by atoms with E-state index >= 15 is 0 Å². The van der Waals surface area contributed by atoms with Gasteiger partial charge in [-0.2, -0.15) is 0 Å². The standard InChI is InChI=1S/C19H26BNO5/c1-18(2)19(3,4)26-20(25-18)14-6-7-15-13(12-14)8-10-21(17(15)23)11-9-16(22)24-5/h6-7,12H,8-11H2,1-5H3. The van der Waals surface area contributed by atoms with Gasteiger partial charge in [-0.25, -0.2) is 0 Å². The molecule has 0 aromatic heterocycles. The first-order valence-electron chi connectivity index (χ1n) is 8.99. The monoisotopic (exact) mass is 359 g/mol. The van der Waals surface area contributed by atoms with Gasteiger partial charge in [-0.3, -0.25) is 9.59 Å². The SMILES string of the molecule is COC(=O)CCN1CCc2cc(B3OC(C)(C)C(C)(C)O3)ccc2C1=O. The Morgan fingerprint density at radius 3 is 2.50 bits per heavy atom. The molecule has 2 heterocycles. The van der Waals surface area contributed by atoms with Gasteiger partial charge >= 0.3 is 13.1 Å². The molecule has 2 aliphatic rings. The van der Waals surface area contributed by atoms with E-state index in [2.05, 4.69) is 4.74 Å². The molecule has 2 aliphatic heterocycles. The van der Waals surface area contributed by atoms with E-state index in [4.69, 9.17) is 9.31 Å². The first-order valence-corrected chi connectivity index (χ1v) is 8.99. The van der Waals surface area contributed by atoms with Gasteiger partial charge in [-0.05, 0) is 51.2 Å². The van der Waals surface area contributed by atoms with Crippen LogP contribution in [0.2, 0.25) is 0 Å². The highest BCUT2D eigenvalue weighted by molar-refractivity contribution is 6.62. The van der Waals surface area contributed by atoms with Gasteiger partial charge in [0, 0.05) is 18.7 Å². The van der Waals surface area contributed by atoms with E-state index in [1.165, 1.54) is 7.11 Å². The van der Waals surface area contributed by atoms with Crippen LogP contribution in [0.25, 0.3) is 0 Å². The number of ether oxygens (including phenoxy) is 1. The molecule has 0 bridgehead atoms. The van der Waals surface area contributed by atoms with Crippen LogP contribution in [0.3, 0.4) is 0 Å². The van der Waals surface area contributed by atoms with Crippen LogP contribution in [0.15, 0.2) is 18.2 Å². The number of esters is 1. The number of benzene rings is 1. The Morgan fingerprint density at radius 2 is 1.88 bits per heavy atom. The van der Waals surface area contributed by atoms with Crippen LogP contribution in [0, 0.1) is 0 Å². The fraction of sp³-hybridized carbons (Fsp3) is 0.579. The minimum Gasteiger partial charge on any atom is -0.469 e. The molecule has 0 N–H and O–H groups in total. The number of fused-ring (bicyclic) bond motifs is 1. The molecule has 0 aliphatic carbocycles. The summed E-state index contributed by atoms with van der Waals surface area (Å²) in [7, 11) is 0.921. The lowest BCUT2D eigenvalue weighted by Gasteiger charge is -2.32. The van der Waals surface area contributed by atoms with Crippen molar-refractivity contribution in [3.63, 3.8) is 0 Å². The Hall–Kier alpha value is -1.86. The number of nitrogens with zero attached hydrogens (tertiary/aromatic N) is 1. The predicted octanol–water partition coefficient (Wildman–Crippen LogP) is 1.55. The van der Waals surface area contributed by atoms with Crippen LogP contribution in [-0.2, 0) is 25.3 Å². The average molecular weight is 359 g/mol. The lowest BCUT2D eigenvalue weighted by atomic mass is 9.77. The molecule has 1 fully saturated rings. The van der Waals surface area contributed by atoms with Crippen LogP contribution in [0.5, 0.6) is 0 Å².